The molecule has 2 aliphatic rings. The molecule has 3 nitrogen and oxygen atoms in total. The van der Waals surface area contributed by atoms with Gasteiger partial charge in [-0.3, -0.25) is 0 Å². The van der Waals surface area contributed by atoms with E-state index in [9.17, 15) is 0 Å². The molecule has 2 fully saturated rings. The first kappa shape index (κ1) is 16.3. The van der Waals surface area contributed by atoms with Crippen molar-refractivity contribution in [1.82, 2.24) is 15.1 Å². The summed E-state index contributed by atoms with van der Waals surface area (Å²) in [5, 5.41) is 3.67. The second-order valence-corrected chi connectivity index (χ2v) is 7.92. The van der Waals surface area contributed by atoms with Gasteiger partial charge in [-0.2, -0.15) is 0 Å². The highest BCUT2D eigenvalue weighted by Crippen LogP contribution is 2.22. The van der Waals surface area contributed by atoms with E-state index in [1.54, 1.807) is 0 Å². The van der Waals surface area contributed by atoms with Gasteiger partial charge < -0.3 is 15.1 Å². The summed E-state index contributed by atoms with van der Waals surface area (Å²) in [4.78, 5) is 5.32. The Morgan fingerprint density at radius 2 is 1.55 bits per heavy atom. The van der Waals surface area contributed by atoms with E-state index < -0.39 is 0 Å². The van der Waals surface area contributed by atoms with Crippen LogP contribution in [0.25, 0.3) is 0 Å². The molecule has 2 rings (SSSR count). The molecule has 3 heteroatoms. The Kier molecular flexibility index (Phi) is 5.88. The van der Waals surface area contributed by atoms with Gasteiger partial charge in [0.05, 0.1) is 0 Å². The van der Waals surface area contributed by atoms with Crippen LogP contribution in [-0.2, 0) is 0 Å². The molecule has 2 aliphatic heterocycles. The molecule has 0 radical (unpaired) electrons. The third-order valence-electron chi connectivity index (χ3n) is 4.96. The fourth-order valence-corrected chi connectivity index (χ4v) is 3.55. The van der Waals surface area contributed by atoms with Crippen molar-refractivity contribution in [2.45, 2.75) is 52.5 Å². The van der Waals surface area contributed by atoms with E-state index in [0.29, 0.717) is 0 Å². The third-order valence-corrected chi connectivity index (χ3v) is 4.96. The van der Waals surface area contributed by atoms with Crippen molar-refractivity contribution in [3.63, 3.8) is 0 Å². The Morgan fingerprint density at radius 1 is 0.950 bits per heavy atom. The number of nitrogens with one attached hydrogen (secondary N) is 1. The molecule has 0 aromatic heterocycles. The molecule has 0 aromatic carbocycles. The van der Waals surface area contributed by atoms with E-state index in [0.717, 1.165) is 11.8 Å². The highest BCUT2D eigenvalue weighted by Gasteiger charge is 2.27. The summed E-state index contributed by atoms with van der Waals surface area (Å²) in [6, 6.07) is 0. The normalized spacial score (nSPS) is 27.3. The van der Waals surface area contributed by atoms with Crippen molar-refractivity contribution in [2.24, 2.45) is 11.8 Å². The quantitative estimate of drug-likeness (QED) is 0.835. The van der Waals surface area contributed by atoms with Gasteiger partial charge in [0.2, 0.25) is 0 Å². The van der Waals surface area contributed by atoms with E-state index in [-0.39, 0.29) is 5.54 Å². The smallest absolute Gasteiger partial charge is 0.00966 e. The molecule has 1 N–H and O–H groups in total. The fraction of sp³-hybridized carbons (Fsp3) is 1.00. The lowest BCUT2D eigenvalue weighted by molar-refractivity contribution is 0.157. The Morgan fingerprint density at radius 3 is 2.15 bits per heavy atom. The molecule has 0 saturated carbocycles. The van der Waals surface area contributed by atoms with E-state index >= 15 is 0 Å². The van der Waals surface area contributed by atoms with E-state index in [1.165, 1.54) is 65.1 Å². The predicted octanol–water partition coefficient (Wildman–Crippen LogP) is 2.43. The van der Waals surface area contributed by atoms with Gasteiger partial charge in [-0.1, -0.05) is 6.92 Å². The number of rotatable bonds is 5. The molecule has 1 atom stereocenters. The van der Waals surface area contributed by atoms with Crippen LogP contribution in [0.3, 0.4) is 0 Å². The first-order chi connectivity index (χ1) is 9.46. The highest BCUT2D eigenvalue weighted by molar-refractivity contribution is 4.83. The molecule has 0 bridgehead atoms. The Labute approximate surface area is 126 Å². The summed E-state index contributed by atoms with van der Waals surface area (Å²) in [6.07, 6.45) is 4.21. The summed E-state index contributed by atoms with van der Waals surface area (Å²) in [5.41, 5.74) is 0.264. The standard InChI is InChI=1S/C17H35N3/c1-5-19-9-6-15(7-10-19)13-20-11-8-16(14-20)12-18-17(2,3)4/h15-16,18H,5-14H2,1-4H3. The van der Waals surface area contributed by atoms with Crippen LogP contribution in [0.4, 0.5) is 0 Å². The first-order valence-electron chi connectivity index (χ1n) is 8.66. The zero-order valence-corrected chi connectivity index (χ0v) is 14.1. The maximum Gasteiger partial charge on any atom is 0.00966 e. The second-order valence-electron chi connectivity index (χ2n) is 7.92. The van der Waals surface area contributed by atoms with Crippen molar-refractivity contribution in [1.29, 1.82) is 0 Å². The lowest BCUT2D eigenvalue weighted by Crippen LogP contribution is -2.40. The van der Waals surface area contributed by atoms with Crippen molar-refractivity contribution < 1.29 is 0 Å². The van der Waals surface area contributed by atoms with Crippen LogP contribution in [0.1, 0.15) is 47.0 Å². The van der Waals surface area contributed by atoms with Crippen LogP contribution >= 0.6 is 0 Å². The topological polar surface area (TPSA) is 18.5 Å². The number of hydrogen-bond acceptors (Lipinski definition) is 3. The number of hydrogen-bond donors (Lipinski definition) is 1. The highest BCUT2D eigenvalue weighted by atomic mass is 15.2. The van der Waals surface area contributed by atoms with Crippen molar-refractivity contribution in [3.8, 4) is 0 Å². The third kappa shape index (κ3) is 5.34. The molecule has 0 spiro atoms. The molecule has 0 amide bonds. The van der Waals surface area contributed by atoms with Crippen molar-refractivity contribution in [2.75, 3.05) is 45.8 Å². The van der Waals surface area contributed by atoms with Gasteiger partial charge >= 0.3 is 0 Å². The summed E-state index contributed by atoms with van der Waals surface area (Å²) >= 11 is 0. The molecular formula is C17H35N3. The Balaban J connectivity index is 1.64. The zero-order valence-electron chi connectivity index (χ0n) is 14.1. The van der Waals surface area contributed by atoms with Gasteiger partial charge in [-0.15, -0.1) is 0 Å². The van der Waals surface area contributed by atoms with Gasteiger partial charge in [0.25, 0.3) is 0 Å². The molecule has 118 valence electrons. The van der Waals surface area contributed by atoms with Crippen molar-refractivity contribution in [3.05, 3.63) is 0 Å². The number of piperidine rings is 1. The molecular weight excluding hydrogens is 246 g/mol. The van der Waals surface area contributed by atoms with E-state index in [4.69, 9.17) is 0 Å². The summed E-state index contributed by atoms with van der Waals surface area (Å²) in [5.74, 6) is 1.82. The lowest BCUT2D eigenvalue weighted by Gasteiger charge is -2.33. The minimum atomic E-state index is 0.264. The van der Waals surface area contributed by atoms with Crippen LogP contribution < -0.4 is 5.32 Å². The molecule has 2 heterocycles. The van der Waals surface area contributed by atoms with Gasteiger partial charge in [-0.05, 0) is 84.6 Å². The Hall–Kier alpha value is -0.120. The lowest BCUT2D eigenvalue weighted by atomic mass is 9.96. The SMILES string of the molecule is CCN1CCC(CN2CCC(CNC(C)(C)C)C2)CC1. The number of likely N-dealkylation sites (tertiary alicyclic amines) is 2. The first-order valence-corrected chi connectivity index (χ1v) is 8.66. The maximum atomic E-state index is 3.67. The van der Waals surface area contributed by atoms with Gasteiger partial charge in [0, 0.05) is 18.6 Å². The minimum Gasteiger partial charge on any atom is -0.312 e. The second kappa shape index (κ2) is 7.24. The fourth-order valence-electron chi connectivity index (χ4n) is 3.55. The summed E-state index contributed by atoms with van der Waals surface area (Å²) in [6.45, 7) is 18.1. The molecule has 2 saturated heterocycles. The zero-order chi connectivity index (χ0) is 14.6. The molecule has 0 aromatic rings. The monoisotopic (exact) mass is 281 g/mol. The summed E-state index contributed by atoms with van der Waals surface area (Å²) in [7, 11) is 0. The van der Waals surface area contributed by atoms with Gasteiger partial charge in [-0.25, -0.2) is 0 Å². The average Bonchev–Trinajstić information content (AvgIpc) is 2.84. The maximum absolute atomic E-state index is 3.67. The minimum absolute atomic E-state index is 0.264. The predicted molar refractivity (Wildman–Crippen MR) is 87.1 cm³/mol. The molecule has 20 heavy (non-hydrogen) atoms. The molecule has 1 unspecified atom stereocenters. The van der Waals surface area contributed by atoms with E-state index in [1.807, 2.05) is 0 Å². The average molecular weight is 281 g/mol. The molecule has 0 aliphatic carbocycles. The van der Waals surface area contributed by atoms with Gasteiger partial charge in [0.15, 0.2) is 0 Å². The van der Waals surface area contributed by atoms with Crippen molar-refractivity contribution >= 4 is 0 Å². The van der Waals surface area contributed by atoms with Crippen LogP contribution in [0, 0.1) is 11.8 Å². The van der Waals surface area contributed by atoms with Crippen LogP contribution in [0.2, 0.25) is 0 Å². The van der Waals surface area contributed by atoms with Gasteiger partial charge in [0.1, 0.15) is 0 Å². The summed E-state index contributed by atoms with van der Waals surface area (Å²) < 4.78 is 0. The van der Waals surface area contributed by atoms with Crippen LogP contribution in [-0.4, -0.2) is 61.2 Å². The van der Waals surface area contributed by atoms with Crippen LogP contribution in [0.5, 0.6) is 0 Å². The Bertz CT molecular complexity index is 276. The van der Waals surface area contributed by atoms with Crippen LogP contribution in [0.15, 0.2) is 0 Å². The van der Waals surface area contributed by atoms with E-state index in [2.05, 4.69) is 42.8 Å². The largest absolute Gasteiger partial charge is 0.312 e. The number of nitrogens with zero attached hydrogens (tertiary/aromatic N) is 2.